The maximum absolute atomic E-state index is 12.9. The van der Waals surface area contributed by atoms with E-state index in [2.05, 4.69) is 15.5 Å². The number of nitrogens with zero attached hydrogens (tertiary/aromatic N) is 3. The average Bonchev–Trinajstić information content (AvgIpc) is 3.36. The van der Waals surface area contributed by atoms with Gasteiger partial charge in [0.15, 0.2) is 16.4 Å². The monoisotopic (exact) mass is 599 g/mol. The van der Waals surface area contributed by atoms with Crippen molar-refractivity contribution in [3.05, 3.63) is 52.6 Å². The fraction of sp³-hybridized carbons (Fsp3) is 0.320. The van der Waals surface area contributed by atoms with Crippen molar-refractivity contribution in [2.24, 2.45) is 11.7 Å². The minimum absolute atomic E-state index is 0.0460. The van der Waals surface area contributed by atoms with Gasteiger partial charge in [0.2, 0.25) is 5.91 Å². The van der Waals surface area contributed by atoms with Crippen LogP contribution in [-0.4, -0.2) is 51.7 Å². The Labute approximate surface area is 239 Å². The molecule has 0 fully saturated rings. The van der Waals surface area contributed by atoms with Crippen LogP contribution in [0.1, 0.15) is 20.3 Å². The van der Waals surface area contributed by atoms with Crippen LogP contribution in [0.5, 0.6) is 0 Å². The summed E-state index contributed by atoms with van der Waals surface area (Å²) in [5.74, 6) is -1.25. The molecule has 1 aromatic carbocycles. The molecule has 3 rings (SSSR count). The molecule has 0 radical (unpaired) electrons. The van der Waals surface area contributed by atoms with E-state index in [-0.39, 0.29) is 31.2 Å². The number of pyridine rings is 1. The normalized spacial score (nSPS) is 12.0. The van der Waals surface area contributed by atoms with Crippen molar-refractivity contribution in [2.75, 3.05) is 18.0 Å². The molecule has 0 saturated carbocycles. The van der Waals surface area contributed by atoms with E-state index in [1.165, 1.54) is 11.1 Å². The molecule has 2 aromatic heterocycles. The quantitative estimate of drug-likeness (QED) is 0.299. The lowest BCUT2D eigenvalue weighted by Gasteiger charge is -2.26. The Balaban J connectivity index is 1.87. The van der Waals surface area contributed by atoms with Crippen molar-refractivity contribution in [2.45, 2.75) is 31.1 Å². The molecule has 202 valence electrons. The van der Waals surface area contributed by atoms with Gasteiger partial charge in [-0.1, -0.05) is 71.5 Å². The van der Waals surface area contributed by atoms with Crippen molar-refractivity contribution >= 4 is 69.7 Å². The third-order valence-corrected chi connectivity index (χ3v) is 6.59. The molecule has 3 N–H and O–H groups in total. The predicted octanol–water partition coefficient (Wildman–Crippen LogP) is 4.91. The summed E-state index contributed by atoms with van der Waals surface area (Å²) in [6.07, 6.45) is 1.39. The number of ketones is 1. The first-order valence-corrected chi connectivity index (χ1v) is 13.2. The molecular formula is C25H25Cl4N5O4. The highest BCUT2D eigenvalue weighted by atomic mass is 35.5. The second-order valence-corrected chi connectivity index (χ2v) is 10.5. The standard InChI is InChI=1S/C25H25Cl4N5O4/c1-13(2)23(32-21(36)12-30)19(35)7-9-34(25(37)24(28)29)14-6-8-31-17(10-14)20-11-18(33-38-20)22-15(26)4-3-5-16(22)27/h3-6,8,10-11,13,23-24H,7,9,12,30H2,1-2H3,(H,32,36). The summed E-state index contributed by atoms with van der Waals surface area (Å²) in [5.41, 5.74) is 7.00. The first-order valence-electron chi connectivity index (χ1n) is 11.5. The second kappa shape index (κ2) is 13.4. The Morgan fingerprint density at radius 1 is 1.08 bits per heavy atom. The van der Waals surface area contributed by atoms with Gasteiger partial charge in [-0.15, -0.1) is 0 Å². The molecule has 3 aromatic rings. The van der Waals surface area contributed by atoms with E-state index in [0.29, 0.717) is 38.4 Å². The summed E-state index contributed by atoms with van der Waals surface area (Å²) in [4.78, 5) is 41.8. The number of hydrogen-bond acceptors (Lipinski definition) is 7. The predicted molar refractivity (Wildman–Crippen MR) is 148 cm³/mol. The number of rotatable bonds is 11. The van der Waals surface area contributed by atoms with Crippen molar-refractivity contribution in [1.82, 2.24) is 15.5 Å². The fourth-order valence-electron chi connectivity index (χ4n) is 3.69. The molecule has 2 amide bonds. The SMILES string of the molecule is CC(C)C(NC(=O)CN)C(=O)CCN(C(=O)C(Cl)Cl)c1ccnc(-c2cc(-c3c(Cl)cccc3Cl)no2)c1. The Bertz CT molecular complexity index is 1290. The number of halogens is 4. The summed E-state index contributed by atoms with van der Waals surface area (Å²) >= 11 is 24.4. The number of anilines is 1. The number of hydrogen-bond donors (Lipinski definition) is 2. The number of nitrogens with one attached hydrogen (secondary N) is 1. The zero-order valence-electron chi connectivity index (χ0n) is 20.5. The molecule has 1 unspecified atom stereocenters. The van der Waals surface area contributed by atoms with E-state index in [0.717, 1.165) is 0 Å². The van der Waals surface area contributed by atoms with Crippen molar-refractivity contribution in [3.63, 3.8) is 0 Å². The third-order valence-electron chi connectivity index (χ3n) is 5.59. The van der Waals surface area contributed by atoms with E-state index in [1.807, 2.05) is 0 Å². The molecule has 2 heterocycles. The minimum Gasteiger partial charge on any atom is -0.354 e. The summed E-state index contributed by atoms with van der Waals surface area (Å²) in [7, 11) is 0. The van der Waals surface area contributed by atoms with E-state index >= 15 is 0 Å². The lowest BCUT2D eigenvalue weighted by Crippen LogP contribution is -2.47. The number of benzene rings is 1. The van der Waals surface area contributed by atoms with Crippen molar-refractivity contribution in [3.8, 4) is 22.7 Å². The molecule has 38 heavy (non-hydrogen) atoms. The van der Waals surface area contributed by atoms with Gasteiger partial charge in [-0.05, 0) is 30.2 Å². The van der Waals surface area contributed by atoms with Crippen molar-refractivity contribution in [1.29, 1.82) is 0 Å². The lowest BCUT2D eigenvalue weighted by atomic mass is 9.97. The number of aromatic nitrogens is 2. The zero-order chi connectivity index (χ0) is 28.0. The number of carbonyl (C=O) groups excluding carboxylic acids is 3. The van der Waals surface area contributed by atoms with Crippen LogP contribution < -0.4 is 16.0 Å². The summed E-state index contributed by atoms with van der Waals surface area (Å²) < 4.78 is 5.47. The van der Waals surface area contributed by atoms with Crippen LogP contribution in [0.15, 0.2) is 47.1 Å². The van der Waals surface area contributed by atoms with E-state index in [1.54, 1.807) is 50.2 Å². The van der Waals surface area contributed by atoms with Gasteiger partial charge in [-0.2, -0.15) is 0 Å². The van der Waals surface area contributed by atoms with Gasteiger partial charge in [0, 0.05) is 36.5 Å². The molecule has 0 aliphatic rings. The Kier molecular flexibility index (Phi) is 10.5. The highest BCUT2D eigenvalue weighted by molar-refractivity contribution is 6.54. The molecule has 0 spiro atoms. The topological polar surface area (TPSA) is 131 Å². The number of carbonyl (C=O) groups is 3. The molecule has 0 bridgehead atoms. The first-order chi connectivity index (χ1) is 18.0. The zero-order valence-corrected chi connectivity index (χ0v) is 23.5. The average molecular weight is 601 g/mol. The molecular weight excluding hydrogens is 576 g/mol. The van der Waals surface area contributed by atoms with Crippen LogP contribution in [0.4, 0.5) is 5.69 Å². The van der Waals surface area contributed by atoms with Crippen LogP contribution in [-0.2, 0) is 14.4 Å². The Morgan fingerprint density at radius 2 is 1.76 bits per heavy atom. The van der Waals surface area contributed by atoms with E-state index in [4.69, 9.17) is 56.7 Å². The van der Waals surface area contributed by atoms with Crippen LogP contribution in [0.3, 0.4) is 0 Å². The van der Waals surface area contributed by atoms with Crippen LogP contribution >= 0.6 is 46.4 Å². The fourth-order valence-corrected chi connectivity index (χ4v) is 4.52. The molecule has 0 aliphatic carbocycles. The maximum atomic E-state index is 12.9. The number of amides is 2. The third kappa shape index (κ3) is 7.24. The Morgan fingerprint density at radius 3 is 2.37 bits per heavy atom. The largest absolute Gasteiger partial charge is 0.354 e. The second-order valence-electron chi connectivity index (χ2n) is 8.57. The van der Waals surface area contributed by atoms with Gasteiger partial charge >= 0.3 is 0 Å². The molecule has 0 saturated heterocycles. The lowest BCUT2D eigenvalue weighted by molar-refractivity contribution is -0.128. The van der Waals surface area contributed by atoms with Gasteiger partial charge in [0.25, 0.3) is 5.91 Å². The van der Waals surface area contributed by atoms with E-state index < -0.39 is 22.7 Å². The maximum Gasteiger partial charge on any atom is 0.260 e. The van der Waals surface area contributed by atoms with Crippen LogP contribution in [0, 0.1) is 5.92 Å². The molecule has 1 atom stereocenters. The number of nitrogens with two attached hydrogens (primary N) is 1. The summed E-state index contributed by atoms with van der Waals surface area (Å²) in [6, 6.07) is 9.08. The van der Waals surface area contributed by atoms with Gasteiger partial charge in [0.05, 0.1) is 22.6 Å². The van der Waals surface area contributed by atoms with Gasteiger partial charge in [0.1, 0.15) is 11.4 Å². The first kappa shape index (κ1) is 29.9. The molecule has 9 nitrogen and oxygen atoms in total. The number of alkyl halides is 2. The molecule has 13 heteroatoms. The van der Waals surface area contributed by atoms with E-state index in [9.17, 15) is 14.4 Å². The highest BCUT2D eigenvalue weighted by Crippen LogP contribution is 2.36. The van der Waals surface area contributed by atoms with Gasteiger partial charge < -0.3 is 20.5 Å². The summed E-state index contributed by atoms with van der Waals surface area (Å²) in [5, 5.41) is 7.47. The van der Waals surface area contributed by atoms with Crippen molar-refractivity contribution < 1.29 is 18.9 Å². The minimum atomic E-state index is -1.38. The molecule has 0 aliphatic heterocycles. The van der Waals surface area contributed by atoms with Gasteiger partial charge in [-0.3, -0.25) is 19.4 Å². The Hall–Kier alpha value is -2.69. The summed E-state index contributed by atoms with van der Waals surface area (Å²) in [6.45, 7) is 3.31. The number of Topliss-reactive ketones (excluding diaryl/α,β-unsaturated/α-hetero) is 1. The van der Waals surface area contributed by atoms with Crippen LogP contribution in [0.2, 0.25) is 10.0 Å². The van der Waals surface area contributed by atoms with Crippen LogP contribution in [0.25, 0.3) is 22.7 Å². The smallest absolute Gasteiger partial charge is 0.260 e. The highest BCUT2D eigenvalue weighted by Gasteiger charge is 2.27. The van der Waals surface area contributed by atoms with Gasteiger partial charge in [-0.25, -0.2) is 0 Å².